The van der Waals surface area contributed by atoms with Gasteiger partial charge in [-0.2, -0.15) is 21.8 Å². The Morgan fingerprint density at radius 2 is 1.84 bits per heavy atom. The minimum atomic E-state index is -5.83. The lowest BCUT2D eigenvalue weighted by molar-refractivity contribution is -0.255. The van der Waals surface area contributed by atoms with E-state index in [9.17, 15) is 31.8 Å². The van der Waals surface area contributed by atoms with Crippen LogP contribution in [-0.2, 0) is 31.6 Å². The summed E-state index contributed by atoms with van der Waals surface area (Å²) in [6, 6.07) is 0. The topological polar surface area (TPSA) is 185 Å². The fourth-order valence-corrected chi connectivity index (χ4v) is 5.77. The normalized spacial score (nSPS) is 30.7. The Morgan fingerprint density at radius 1 is 1.25 bits per heavy atom. The smallest absolute Gasteiger partial charge is 0.348 e. The minimum Gasteiger partial charge on any atom is -0.348 e. The van der Waals surface area contributed by atoms with Gasteiger partial charge < -0.3 is 29.2 Å². The fraction of sp³-hybridized carbons (Fsp3) is 0.583. The molecule has 0 radical (unpaired) electrons. The Labute approximate surface area is 177 Å². The van der Waals surface area contributed by atoms with E-state index in [1.807, 2.05) is 0 Å². The summed E-state index contributed by atoms with van der Waals surface area (Å²) in [5.41, 5.74) is -3.81. The third-order valence-corrected chi connectivity index (χ3v) is 7.71. The molecule has 0 saturated carbocycles. The zero-order valence-electron chi connectivity index (χ0n) is 15.8. The molecular formula is C12H17F4N2O11P3. The monoisotopic (exact) mass is 534 g/mol. The molecule has 20 heteroatoms. The van der Waals surface area contributed by atoms with Crippen molar-refractivity contribution in [3.63, 3.8) is 0 Å². The summed E-state index contributed by atoms with van der Waals surface area (Å²) in [5.74, 6) is -0.0951. The van der Waals surface area contributed by atoms with Crippen LogP contribution in [-0.4, -0.2) is 61.1 Å². The maximum absolute atomic E-state index is 15.1. The molecule has 4 N–H and O–H groups in total. The van der Waals surface area contributed by atoms with Crippen LogP contribution in [0.2, 0.25) is 0 Å². The number of rotatable bonds is 8. The molecule has 184 valence electrons. The maximum Gasteiger partial charge on any atom is 0.490 e. The molecule has 2 heterocycles. The molecule has 0 amide bonds. The summed E-state index contributed by atoms with van der Waals surface area (Å²) in [6.07, 6.45) is -8.76. The molecule has 2 aliphatic rings. The highest BCUT2D eigenvalue weighted by atomic mass is 31.3. The highest BCUT2D eigenvalue weighted by Crippen LogP contribution is 2.66. The van der Waals surface area contributed by atoms with Crippen molar-refractivity contribution < 1.29 is 68.7 Å². The van der Waals surface area contributed by atoms with Gasteiger partial charge in [0, 0.05) is 12.6 Å². The van der Waals surface area contributed by atoms with Gasteiger partial charge >= 0.3 is 29.6 Å². The largest absolute Gasteiger partial charge is 0.490 e. The molecule has 2 rings (SSSR count). The molecule has 32 heavy (non-hydrogen) atoms. The Hall–Kier alpha value is -0.960. The number of aliphatic imine (C=N–C) groups is 1. The van der Waals surface area contributed by atoms with E-state index in [4.69, 9.17) is 19.4 Å². The Bertz CT molecular complexity index is 966. The molecule has 1 saturated heterocycles. The SMILES string of the molecule is C=C1C=CN(C2OC(COP(=O)(O)OP(=O)(O)OP(=O)(O)O)CC2(F)C(F)(F)F)C(C)=N1. The molecule has 0 aromatic rings. The van der Waals surface area contributed by atoms with Crippen LogP contribution in [0, 0.1) is 0 Å². The van der Waals surface area contributed by atoms with Crippen molar-refractivity contribution >= 4 is 29.3 Å². The second-order valence-electron chi connectivity index (χ2n) is 6.43. The van der Waals surface area contributed by atoms with E-state index < -0.39 is 60.7 Å². The number of nitrogens with zero attached hydrogens (tertiary/aromatic N) is 2. The highest BCUT2D eigenvalue weighted by Gasteiger charge is 2.68. The van der Waals surface area contributed by atoms with Gasteiger partial charge in [0.05, 0.1) is 18.4 Å². The third kappa shape index (κ3) is 6.78. The standard InChI is InChI=1S/C12H17F4N2O11P3/c1-7-3-4-18(8(2)17-7)10-11(13,12(14,15)16)5-9(27-10)6-26-31(22,23)29-32(24,25)28-30(19,20)21/h3-4,9-10H,1,5-6H2,2H3,(H,22,23)(H,24,25)(H2,19,20,21). The van der Waals surface area contributed by atoms with Crippen molar-refractivity contribution in [1.82, 2.24) is 4.90 Å². The average molecular weight is 534 g/mol. The number of alkyl halides is 4. The predicted octanol–water partition coefficient (Wildman–Crippen LogP) is 2.48. The molecule has 13 nitrogen and oxygen atoms in total. The number of hydrogen-bond donors (Lipinski definition) is 4. The molecule has 0 aliphatic carbocycles. The van der Waals surface area contributed by atoms with Crippen molar-refractivity contribution in [3.8, 4) is 0 Å². The Balaban J connectivity index is 2.15. The number of halogens is 4. The van der Waals surface area contributed by atoms with Gasteiger partial charge in [0.25, 0.3) is 5.67 Å². The molecule has 5 unspecified atom stereocenters. The van der Waals surface area contributed by atoms with E-state index in [-0.39, 0.29) is 11.5 Å². The molecule has 0 aromatic carbocycles. The highest BCUT2D eigenvalue weighted by molar-refractivity contribution is 7.66. The number of allylic oxidation sites excluding steroid dienone is 1. The molecule has 0 bridgehead atoms. The van der Waals surface area contributed by atoms with Crippen molar-refractivity contribution in [2.24, 2.45) is 4.99 Å². The van der Waals surface area contributed by atoms with Gasteiger partial charge in [0.15, 0.2) is 6.23 Å². The molecule has 1 fully saturated rings. The lowest BCUT2D eigenvalue weighted by atomic mass is 9.98. The van der Waals surface area contributed by atoms with Gasteiger partial charge in [-0.15, -0.1) is 0 Å². The van der Waals surface area contributed by atoms with Crippen LogP contribution in [0.1, 0.15) is 13.3 Å². The molecule has 0 spiro atoms. The average Bonchev–Trinajstić information content (AvgIpc) is 2.87. The van der Waals surface area contributed by atoms with Gasteiger partial charge in [0.2, 0.25) is 0 Å². The molecule has 0 aromatic heterocycles. The van der Waals surface area contributed by atoms with E-state index in [0.717, 1.165) is 11.1 Å². The van der Waals surface area contributed by atoms with E-state index in [1.54, 1.807) is 0 Å². The van der Waals surface area contributed by atoms with E-state index in [2.05, 4.69) is 24.7 Å². The van der Waals surface area contributed by atoms with E-state index >= 15 is 4.39 Å². The Kier molecular flexibility index (Phi) is 7.68. The summed E-state index contributed by atoms with van der Waals surface area (Å²) in [6.45, 7) is 3.49. The molecular weight excluding hydrogens is 517 g/mol. The van der Waals surface area contributed by atoms with Gasteiger partial charge in [-0.1, -0.05) is 6.58 Å². The van der Waals surface area contributed by atoms with Crippen LogP contribution >= 0.6 is 23.5 Å². The lowest BCUT2D eigenvalue weighted by Gasteiger charge is -2.36. The first-order chi connectivity index (χ1) is 14.2. The molecule has 5 atom stereocenters. The van der Waals surface area contributed by atoms with Crippen molar-refractivity contribution in [2.75, 3.05) is 6.61 Å². The number of ether oxygens (including phenoxy) is 1. The first kappa shape index (κ1) is 27.3. The number of phosphoric acid groups is 3. The Morgan fingerprint density at radius 3 is 2.34 bits per heavy atom. The summed E-state index contributed by atoms with van der Waals surface area (Å²) in [7, 11) is -17.1. The lowest BCUT2D eigenvalue weighted by Crippen LogP contribution is -2.55. The summed E-state index contributed by atoms with van der Waals surface area (Å²) in [4.78, 5) is 39.9. The second-order valence-corrected chi connectivity index (χ2v) is 10.9. The van der Waals surface area contributed by atoms with Gasteiger partial charge in [-0.25, -0.2) is 23.1 Å². The second kappa shape index (κ2) is 9.01. The third-order valence-electron chi connectivity index (χ3n) is 3.91. The number of hydrogen-bond acceptors (Lipinski definition) is 9. The predicted molar refractivity (Wildman–Crippen MR) is 96.2 cm³/mol. The quantitative estimate of drug-likeness (QED) is 0.264. The number of phosphoric ester groups is 1. The van der Waals surface area contributed by atoms with Crippen molar-refractivity contribution in [2.45, 2.75) is 37.5 Å². The van der Waals surface area contributed by atoms with E-state index in [1.165, 1.54) is 13.0 Å². The van der Waals surface area contributed by atoms with Gasteiger partial charge in [-0.05, 0) is 13.0 Å². The van der Waals surface area contributed by atoms with Crippen LogP contribution < -0.4 is 0 Å². The number of amidine groups is 1. The van der Waals surface area contributed by atoms with Crippen LogP contribution in [0.4, 0.5) is 17.6 Å². The minimum absolute atomic E-state index is 0.0951. The van der Waals surface area contributed by atoms with Gasteiger partial charge in [-0.3, -0.25) is 4.52 Å². The van der Waals surface area contributed by atoms with E-state index in [0.29, 0.717) is 0 Å². The van der Waals surface area contributed by atoms with Crippen molar-refractivity contribution in [1.29, 1.82) is 0 Å². The fourth-order valence-electron chi connectivity index (χ4n) is 2.72. The van der Waals surface area contributed by atoms with Crippen molar-refractivity contribution in [3.05, 3.63) is 24.6 Å². The van der Waals surface area contributed by atoms with Crippen LogP contribution in [0.25, 0.3) is 0 Å². The zero-order valence-corrected chi connectivity index (χ0v) is 18.5. The summed E-state index contributed by atoms with van der Waals surface area (Å²) in [5, 5.41) is 0. The summed E-state index contributed by atoms with van der Waals surface area (Å²) >= 11 is 0. The van der Waals surface area contributed by atoms with Crippen LogP contribution in [0.3, 0.4) is 0 Å². The van der Waals surface area contributed by atoms with Crippen LogP contribution in [0.15, 0.2) is 29.5 Å². The first-order valence-corrected chi connectivity index (χ1v) is 12.7. The zero-order chi connectivity index (χ0) is 24.8. The summed E-state index contributed by atoms with van der Waals surface area (Å²) < 4.78 is 105. The van der Waals surface area contributed by atoms with Gasteiger partial charge in [0.1, 0.15) is 5.84 Å². The van der Waals surface area contributed by atoms with Crippen LogP contribution in [0.5, 0.6) is 0 Å². The first-order valence-electron chi connectivity index (χ1n) is 8.15. The molecule has 2 aliphatic heterocycles. The maximum atomic E-state index is 15.1.